The number of aromatic nitrogens is 2. The van der Waals surface area contributed by atoms with Crippen molar-refractivity contribution in [3.05, 3.63) is 5.56 Å². The number of fused-ring (bicyclic) bond motifs is 1. The molecule has 0 aromatic carbocycles. The zero-order valence-electron chi connectivity index (χ0n) is 18.2. The number of rotatable bonds is 11. The molecule has 0 spiro atoms. The summed E-state index contributed by atoms with van der Waals surface area (Å²) in [6, 6.07) is 0.284. The number of unbranched alkanes of at least 4 members (excludes halogenated alkanes) is 3. The van der Waals surface area contributed by atoms with Gasteiger partial charge >= 0.3 is 6.01 Å². The Morgan fingerprint density at radius 2 is 2.03 bits per heavy atom. The first-order valence-corrected chi connectivity index (χ1v) is 11.4. The normalized spacial score (nSPS) is 19.6. The molecule has 7 nitrogen and oxygen atoms in total. The van der Waals surface area contributed by atoms with Gasteiger partial charge in [0.1, 0.15) is 11.6 Å². The lowest BCUT2D eigenvalue weighted by molar-refractivity contribution is -0.117. The van der Waals surface area contributed by atoms with Crippen LogP contribution in [0.1, 0.15) is 70.8 Å². The average molecular weight is 404 g/mol. The number of hydrogen-bond acceptors (Lipinski definition) is 6. The summed E-state index contributed by atoms with van der Waals surface area (Å²) >= 11 is 0. The van der Waals surface area contributed by atoms with Gasteiger partial charge < -0.3 is 15.4 Å². The molecule has 3 rings (SSSR count). The van der Waals surface area contributed by atoms with E-state index in [0.717, 1.165) is 37.2 Å². The Morgan fingerprint density at radius 1 is 1.17 bits per heavy atom. The van der Waals surface area contributed by atoms with Crippen molar-refractivity contribution in [3.63, 3.8) is 0 Å². The van der Waals surface area contributed by atoms with E-state index in [0.29, 0.717) is 31.2 Å². The Morgan fingerprint density at radius 3 is 2.83 bits per heavy atom. The molecule has 1 aromatic heterocycles. The van der Waals surface area contributed by atoms with E-state index in [1.165, 1.54) is 45.3 Å². The summed E-state index contributed by atoms with van der Waals surface area (Å²) in [6.45, 7) is 9.31. The fourth-order valence-electron chi connectivity index (χ4n) is 4.38. The highest BCUT2D eigenvalue weighted by atomic mass is 16.5. The third-order valence-corrected chi connectivity index (χ3v) is 6.15. The number of nitrogens with zero attached hydrogens (tertiary/aromatic N) is 4. The number of hydrogen-bond donors (Lipinski definition) is 1. The summed E-state index contributed by atoms with van der Waals surface area (Å²) in [7, 11) is 0. The van der Waals surface area contributed by atoms with Crippen LogP contribution in [0.2, 0.25) is 0 Å². The summed E-state index contributed by atoms with van der Waals surface area (Å²) in [5.74, 6) is 1.93. The molecule has 0 saturated carbocycles. The number of anilines is 2. The molecule has 2 aliphatic heterocycles. The number of amides is 1. The smallest absolute Gasteiger partial charge is 0.320 e. The van der Waals surface area contributed by atoms with Crippen LogP contribution in [-0.2, 0) is 11.2 Å². The highest BCUT2D eigenvalue weighted by Crippen LogP contribution is 2.32. The molecule has 0 aliphatic carbocycles. The summed E-state index contributed by atoms with van der Waals surface area (Å²) < 4.78 is 5.62. The van der Waals surface area contributed by atoms with Gasteiger partial charge in [-0.1, -0.05) is 33.1 Å². The van der Waals surface area contributed by atoms with Gasteiger partial charge in [0.15, 0.2) is 0 Å². The number of carbonyl (C=O) groups is 1. The minimum atomic E-state index is 0.0672. The molecule has 0 bridgehead atoms. The maximum Gasteiger partial charge on any atom is 0.320 e. The van der Waals surface area contributed by atoms with Crippen LogP contribution in [0.4, 0.5) is 11.6 Å². The first kappa shape index (κ1) is 21.8. The molecule has 3 heterocycles. The maximum absolute atomic E-state index is 12.5. The molecule has 1 amide bonds. The van der Waals surface area contributed by atoms with E-state index in [4.69, 9.17) is 10.5 Å². The van der Waals surface area contributed by atoms with Gasteiger partial charge in [-0.25, -0.2) is 0 Å². The van der Waals surface area contributed by atoms with Crippen LogP contribution in [0.3, 0.4) is 0 Å². The lowest BCUT2D eigenvalue weighted by Crippen LogP contribution is -2.35. The largest absolute Gasteiger partial charge is 0.463 e. The summed E-state index contributed by atoms with van der Waals surface area (Å²) in [5.41, 5.74) is 6.82. The standard InChI is InChI=1S/C22H37N5O2/c1-3-5-14-29-22-24-20(23)18-15-19(28)27(21(18)25-22)13-8-6-7-10-17-11-9-12-26(4-2)16-17/h17H,3-16H2,1-2H3,(H2,23,24,25). The summed E-state index contributed by atoms with van der Waals surface area (Å²) in [6.07, 6.45) is 9.65. The number of carbonyl (C=O) groups excluding carboxylic acids is 1. The van der Waals surface area contributed by atoms with Crippen LogP contribution in [-0.4, -0.2) is 53.6 Å². The number of nitrogen functional groups attached to an aromatic ring is 1. The van der Waals surface area contributed by atoms with Crippen molar-refractivity contribution >= 4 is 17.5 Å². The zero-order valence-corrected chi connectivity index (χ0v) is 18.2. The first-order chi connectivity index (χ1) is 14.1. The summed E-state index contributed by atoms with van der Waals surface area (Å²) in [5, 5.41) is 0. The van der Waals surface area contributed by atoms with Crippen LogP contribution in [0.25, 0.3) is 0 Å². The molecular weight excluding hydrogens is 366 g/mol. The van der Waals surface area contributed by atoms with E-state index < -0.39 is 0 Å². The van der Waals surface area contributed by atoms with Gasteiger partial charge in [0.05, 0.1) is 13.0 Å². The molecule has 1 saturated heterocycles. The quantitative estimate of drug-likeness (QED) is 0.570. The van der Waals surface area contributed by atoms with Crippen LogP contribution >= 0.6 is 0 Å². The predicted molar refractivity (Wildman–Crippen MR) is 116 cm³/mol. The van der Waals surface area contributed by atoms with Crippen LogP contribution in [0.15, 0.2) is 0 Å². The fourth-order valence-corrected chi connectivity index (χ4v) is 4.38. The van der Waals surface area contributed by atoms with E-state index >= 15 is 0 Å². The number of nitrogens with two attached hydrogens (primary N) is 1. The molecule has 162 valence electrons. The van der Waals surface area contributed by atoms with Gasteiger partial charge in [-0.05, 0) is 51.1 Å². The SMILES string of the molecule is CCCCOc1nc(N)c2c(n1)N(CCCCCC1CCCN(CC)C1)C(=O)C2. The van der Waals surface area contributed by atoms with Crippen LogP contribution in [0, 0.1) is 5.92 Å². The van der Waals surface area contributed by atoms with Crippen molar-refractivity contribution in [2.75, 3.05) is 43.4 Å². The summed E-state index contributed by atoms with van der Waals surface area (Å²) in [4.78, 5) is 25.6. The number of likely N-dealkylation sites (tertiary alicyclic amines) is 1. The van der Waals surface area contributed by atoms with E-state index in [9.17, 15) is 4.79 Å². The highest BCUT2D eigenvalue weighted by molar-refractivity contribution is 6.01. The fraction of sp³-hybridized carbons (Fsp3) is 0.773. The lowest BCUT2D eigenvalue weighted by Gasteiger charge is -2.31. The van der Waals surface area contributed by atoms with E-state index in [-0.39, 0.29) is 11.9 Å². The van der Waals surface area contributed by atoms with Crippen molar-refractivity contribution in [1.82, 2.24) is 14.9 Å². The van der Waals surface area contributed by atoms with Gasteiger partial charge in [-0.15, -0.1) is 0 Å². The highest BCUT2D eigenvalue weighted by Gasteiger charge is 2.31. The molecule has 2 aliphatic rings. The van der Waals surface area contributed by atoms with E-state index in [1.807, 2.05) is 0 Å². The Balaban J connectivity index is 1.47. The van der Waals surface area contributed by atoms with Crippen molar-refractivity contribution < 1.29 is 9.53 Å². The molecule has 1 aromatic rings. The molecule has 7 heteroatoms. The predicted octanol–water partition coefficient (Wildman–Crippen LogP) is 3.42. The minimum Gasteiger partial charge on any atom is -0.463 e. The third-order valence-electron chi connectivity index (χ3n) is 6.15. The third kappa shape index (κ3) is 5.81. The number of piperidine rings is 1. The Hall–Kier alpha value is -1.89. The van der Waals surface area contributed by atoms with Crippen LogP contribution < -0.4 is 15.4 Å². The Labute approximate surface area is 175 Å². The van der Waals surface area contributed by atoms with Crippen molar-refractivity contribution in [3.8, 4) is 6.01 Å². The van der Waals surface area contributed by atoms with Crippen molar-refractivity contribution in [2.24, 2.45) is 5.92 Å². The molecule has 1 unspecified atom stereocenters. The van der Waals surface area contributed by atoms with Gasteiger partial charge in [0, 0.05) is 18.7 Å². The second-order valence-corrected chi connectivity index (χ2v) is 8.37. The van der Waals surface area contributed by atoms with E-state index in [2.05, 4.69) is 28.7 Å². The average Bonchev–Trinajstić information content (AvgIpc) is 3.04. The number of ether oxygens (including phenoxy) is 1. The van der Waals surface area contributed by atoms with Gasteiger partial charge in [-0.3, -0.25) is 9.69 Å². The molecule has 0 radical (unpaired) electrons. The second-order valence-electron chi connectivity index (χ2n) is 8.37. The lowest BCUT2D eigenvalue weighted by atomic mass is 9.92. The monoisotopic (exact) mass is 403 g/mol. The molecule has 1 fully saturated rings. The minimum absolute atomic E-state index is 0.0672. The van der Waals surface area contributed by atoms with E-state index in [1.54, 1.807) is 4.90 Å². The molecule has 1 atom stereocenters. The maximum atomic E-state index is 12.5. The van der Waals surface area contributed by atoms with Crippen molar-refractivity contribution in [2.45, 2.75) is 71.6 Å². The van der Waals surface area contributed by atoms with Gasteiger partial charge in [0.2, 0.25) is 5.91 Å². The topological polar surface area (TPSA) is 84.6 Å². The molecular formula is C22H37N5O2. The first-order valence-electron chi connectivity index (χ1n) is 11.4. The molecule has 2 N–H and O–H groups in total. The van der Waals surface area contributed by atoms with Crippen molar-refractivity contribution in [1.29, 1.82) is 0 Å². The van der Waals surface area contributed by atoms with Gasteiger partial charge in [-0.2, -0.15) is 9.97 Å². The molecule has 29 heavy (non-hydrogen) atoms. The van der Waals surface area contributed by atoms with Gasteiger partial charge in [0.25, 0.3) is 0 Å². The Bertz CT molecular complexity index is 681. The van der Waals surface area contributed by atoms with Crippen LogP contribution in [0.5, 0.6) is 6.01 Å². The Kier molecular flexibility index (Phi) is 8.09. The second kappa shape index (κ2) is 10.8. The zero-order chi connectivity index (χ0) is 20.6.